The molecule has 3 aliphatic rings. The first-order valence-electron chi connectivity index (χ1n) is 26.2. The van der Waals surface area contributed by atoms with Gasteiger partial charge >= 0.3 is 5.97 Å². The van der Waals surface area contributed by atoms with Crippen LogP contribution in [0.1, 0.15) is 126 Å². The van der Waals surface area contributed by atoms with Gasteiger partial charge in [0.15, 0.2) is 0 Å². The number of carbonyl (C=O) groups excluding carboxylic acids is 11. The Kier molecular flexibility index (Phi) is 24.5. The summed E-state index contributed by atoms with van der Waals surface area (Å²) >= 11 is 0. The summed E-state index contributed by atoms with van der Waals surface area (Å²) in [6, 6.07) is -13.4. The maximum Gasteiger partial charge on any atom is 0.326 e. The number of hydrogen-bond acceptors (Lipinski definition) is 15. The molecule has 13 atom stereocenters. The molecule has 0 aromatic carbocycles. The number of nitrogens with two attached hydrogens (primary N) is 3. The van der Waals surface area contributed by atoms with Crippen molar-refractivity contribution in [1.29, 1.82) is 0 Å². The van der Waals surface area contributed by atoms with E-state index in [1.54, 1.807) is 34.6 Å². The molecule has 27 nitrogen and oxygen atoms in total. The van der Waals surface area contributed by atoms with Crippen molar-refractivity contribution >= 4 is 70.9 Å². The van der Waals surface area contributed by atoms with E-state index in [4.69, 9.17) is 17.2 Å². The Morgan fingerprint density at radius 2 is 1.03 bits per heavy atom. The van der Waals surface area contributed by atoms with Crippen molar-refractivity contribution in [1.82, 2.24) is 46.6 Å². The van der Waals surface area contributed by atoms with Crippen LogP contribution in [0.25, 0.3) is 0 Å². The number of hydrogen-bond donors (Lipinski definition) is 12. The summed E-state index contributed by atoms with van der Waals surface area (Å²) in [5, 5.41) is 46.2. The number of nitrogens with zero attached hydrogens (tertiary/aromatic N) is 3. The van der Waals surface area contributed by atoms with Crippen molar-refractivity contribution < 1.29 is 72.9 Å². The molecule has 0 aromatic heterocycles. The molecule has 0 bridgehead atoms. The third-order valence-corrected chi connectivity index (χ3v) is 14.0. The monoisotopic (exact) mass is 1080 g/mol. The van der Waals surface area contributed by atoms with E-state index in [9.17, 15) is 72.9 Å². The van der Waals surface area contributed by atoms with Crippen molar-refractivity contribution in [3.63, 3.8) is 0 Å². The summed E-state index contributed by atoms with van der Waals surface area (Å²) in [5.41, 5.74) is 16.5. The smallest absolute Gasteiger partial charge is 0.326 e. The van der Waals surface area contributed by atoms with E-state index in [1.807, 2.05) is 6.92 Å². The maximum absolute atomic E-state index is 14.3. The van der Waals surface area contributed by atoms with Gasteiger partial charge in [0.05, 0.1) is 24.7 Å². The molecule has 0 radical (unpaired) electrons. The van der Waals surface area contributed by atoms with Gasteiger partial charge in [0.2, 0.25) is 65.0 Å². The number of aliphatic carboxylic acids is 1. The van der Waals surface area contributed by atoms with Crippen molar-refractivity contribution in [2.75, 3.05) is 19.6 Å². The third kappa shape index (κ3) is 17.5. The van der Waals surface area contributed by atoms with Crippen LogP contribution in [-0.2, 0) is 57.5 Å². The first-order valence-corrected chi connectivity index (χ1v) is 26.2. The number of likely N-dealkylation sites (tertiary alicyclic amines) is 3. The van der Waals surface area contributed by atoms with E-state index in [0.29, 0.717) is 25.7 Å². The Hall–Kier alpha value is -6.48. The first kappa shape index (κ1) is 63.8. The van der Waals surface area contributed by atoms with E-state index < -0.39 is 175 Å². The maximum atomic E-state index is 14.3. The summed E-state index contributed by atoms with van der Waals surface area (Å²) in [5.74, 6) is -11.4. The topological polar surface area (TPSA) is 425 Å². The normalized spacial score (nSPS) is 21.4. The van der Waals surface area contributed by atoms with Gasteiger partial charge in [0.25, 0.3) is 0 Å². The van der Waals surface area contributed by atoms with Gasteiger partial charge in [-0.2, -0.15) is 0 Å². The van der Waals surface area contributed by atoms with Crippen LogP contribution in [-0.4, -0.2) is 193 Å². The van der Waals surface area contributed by atoms with Crippen LogP contribution < -0.4 is 49.1 Å². The molecule has 76 heavy (non-hydrogen) atoms. The fourth-order valence-corrected chi connectivity index (χ4v) is 9.55. The molecule has 11 amide bonds. The minimum atomic E-state index is -1.79. The summed E-state index contributed by atoms with van der Waals surface area (Å²) in [6.07, 6.45) is -2.33. The Bertz CT molecular complexity index is 2140. The van der Waals surface area contributed by atoms with E-state index in [1.165, 1.54) is 23.6 Å². The average molecular weight is 1080 g/mol. The van der Waals surface area contributed by atoms with Crippen molar-refractivity contribution in [2.45, 2.75) is 199 Å². The second-order valence-electron chi connectivity index (χ2n) is 21.0. The van der Waals surface area contributed by atoms with E-state index >= 15 is 0 Å². The second kappa shape index (κ2) is 29.1. The first-order chi connectivity index (χ1) is 35.5. The van der Waals surface area contributed by atoms with Crippen LogP contribution in [0.2, 0.25) is 0 Å². The van der Waals surface area contributed by atoms with Gasteiger partial charge in [0, 0.05) is 26.1 Å². The predicted molar refractivity (Wildman–Crippen MR) is 271 cm³/mol. The standard InChI is InChI=1S/C49H82N12O15/c1-9-25(6)37(56-40(66)28(50)22-35(52)65)47(73)61-20-12-15-33(61)46(72)59-18-10-13-31(59)43(69)54-30(21-23(2)3)42(68)57-38(26(7)62)45(71)53-29(16-17-34(51)64)41(67)58-39(27(8)63)48(74)60-19-11-14-32(60)44(70)55-36(24(4)5)49(75)76/h23-33,36-39,62-63H,9-22,50H2,1-8H3,(H2,51,64)(H2,52,65)(H,53,71)(H,54,69)(H,55,70)(H,56,66)(H,57,68)(H,58,67)(H,75,76)/t25-,26+,27+,28-,29-,30-,31-,32-,33-,36-,37-,38-,39-/m0/s1. The molecule has 3 aliphatic heterocycles. The molecular formula is C49H82N12O15. The molecule has 0 saturated carbocycles. The van der Waals surface area contributed by atoms with E-state index in [2.05, 4.69) is 31.9 Å². The molecule has 15 N–H and O–H groups in total. The van der Waals surface area contributed by atoms with Gasteiger partial charge < -0.3 is 79.1 Å². The zero-order valence-corrected chi connectivity index (χ0v) is 44.9. The van der Waals surface area contributed by atoms with Crippen LogP contribution in [0.15, 0.2) is 0 Å². The van der Waals surface area contributed by atoms with Gasteiger partial charge in [0.1, 0.15) is 54.4 Å². The summed E-state index contributed by atoms with van der Waals surface area (Å²) < 4.78 is 0. The number of nitrogens with one attached hydrogen (secondary N) is 6. The molecule has 3 saturated heterocycles. The molecule has 27 heteroatoms. The van der Waals surface area contributed by atoms with E-state index in [-0.39, 0.29) is 51.2 Å². The number of carbonyl (C=O) groups is 12. The van der Waals surface area contributed by atoms with Gasteiger partial charge in [-0.15, -0.1) is 0 Å². The molecule has 3 heterocycles. The highest BCUT2D eigenvalue weighted by molar-refractivity contribution is 5.99. The van der Waals surface area contributed by atoms with Crippen LogP contribution >= 0.6 is 0 Å². The summed E-state index contributed by atoms with van der Waals surface area (Å²) in [6.45, 7) is 13.0. The highest BCUT2D eigenvalue weighted by Crippen LogP contribution is 2.27. The molecular weight excluding hydrogens is 997 g/mol. The van der Waals surface area contributed by atoms with Gasteiger partial charge in [-0.1, -0.05) is 48.0 Å². The number of amides is 11. The summed E-state index contributed by atoms with van der Waals surface area (Å²) in [4.78, 5) is 164. The Morgan fingerprint density at radius 3 is 1.53 bits per heavy atom. The zero-order chi connectivity index (χ0) is 57.5. The molecule has 0 spiro atoms. The zero-order valence-electron chi connectivity index (χ0n) is 44.9. The Morgan fingerprint density at radius 1 is 0.553 bits per heavy atom. The fraction of sp³-hybridized carbons (Fsp3) is 0.755. The average Bonchev–Trinajstić information content (AvgIpc) is 4.15. The lowest BCUT2D eigenvalue weighted by molar-refractivity contribution is -0.148. The highest BCUT2D eigenvalue weighted by Gasteiger charge is 2.46. The number of carboxylic acids is 1. The second-order valence-corrected chi connectivity index (χ2v) is 21.0. The number of primary amides is 2. The largest absolute Gasteiger partial charge is 0.480 e. The number of carboxylic acid groups (broad SMARTS) is 1. The Balaban J connectivity index is 1.80. The lowest BCUT2D eigenvalue weighted by Crippen LogP contribution is -2.63. The van der Waals surface area contributed by atoms with Crippen molar-refractivity contribution in [3.8, 4) is 0 Å². The molecule has 428 valence electrons. The quantitative estimate of drug-likeness (QED) is 0.0355. The van der Waals surface area contributed by atoms with Crippen LogP contribution in [0, 0.1) is 17.8 Å². The van der Waals surface area contributed by atoms with Gasteiger partial charge in [-0.25, -0.2) is 4.79 Å². The number of aliphatic hydroxyl groups is 2. The Labute approximate surface area is 442 Å². The van der Waals surface area contributed by atoms with Gasteiger partial charge in [-0.05, 0) is 83.0 Å². The van der Waals surface area contributed by atoms with E-state index in [0.717, 1.165) is 4.90 Å². The SMILES string of the molecule is CC[C@H](C)[C@H](NC(=O)[C@@H](N)CC(N)=O)C(=O)N1CCC[C@H]1C(=O)N1CCC[C@H]1C(=O)N[C@@H](CC(C)C)C(=O)N[C@H](C(=O)N[C@@H](CCC(N)=O)C(=O)N[C@H](C(=O)N1CCC[C@H]1C(=O)N[C@H](C(=O)O)C(C)C)[C@@H](C)O)[C@@H](C)O. The lowest BCUT2D eigenvalue weighted by Gasteiger charge is -2.35. The van der Waals surface area contributed by atoms with Gasteiger partial charge in [-0.3, -0.25) is 52.7 Å². The fourth-order valence-electron chi connectivity index (χ4n) is 9.55. The van der Waals surface area contributed by atoms with Crippen LogP contribution in [0.4, 0.5) is 0 Å². The lowest BCUT2D eigenvalue weighted by atomic mass is 9.96. The summed E-state index contributed by atoms with van der Waals surface area (Å²) in [7, 11) is 0. The molecule has 0 aliphatic carbocycles. The third-order valence-electron chi connectivity index (χ3n) is 14.0. The molecule has 0 unspecified atom stereocenters. The minimum Gasteiger partial charge on any atom is -0.480 e. The highest BCUT2D eigenvalue weighted by atomic mass is 16.4. The molecule has 0 aromatic rings. The molecule has 3 rings (SSSR count). The van der Waals surface area contributed by atoms with Crippen LogP contribution in [0.3, 0.4) is 0 Å². The van der Waals surface area contributed by atoms with Crippen LogP contribution in [0.5, 0.6) is 0 Å². The van der Waals surface area contributed by atoms with Crippen molar-refractivity contribution in [3.05, 3.63) is 0 Å². The number of rotatable bonds is 28. The minimum absolute atomic E-state index is 0.0128. The predicted octanol–water partition coefficient (Wildman–Crippen LogP) is -4.07. The van der Waals surface area contributed by atoms with Crippen molar-refractivity contribution in [2.24, 2.45) is 35.0 Å². The molecule has 3 fully saturated rings. The number of aliphatic hydroxyl groups excluding tert-OH is 2.